The topological polar surface area (TPSA) is 93.0 Å². The fourth-order valence-electron chi connectivity index (χ4n) is 3.39. The van der Waals surface area contributed by atoms with Gasteiger partial charge in [0, 0.05) is 39.3 Å². The van der Waals surface area contributed by atoms with Crippen molar-refractivity contribution in [3.8, 4) is 0 Å². The minimum Gasteiger partial charge on any atom is -0.444 e. The molecule has 0 unspecified atom stereocenters. The number of fused-ring (bicyclic) bond motifs is 1. The van der Waals surface area contributed by atoms with Gasteiger partial charge in [0.15, 0.2) is 0 Å². The highest BCUT2D eigenvalue weighted by atomic mass is 35.5. The van der Waals surface area contributed by atoms with Crippen LogP contribution < -0.4 is 5.32 Å². The highest BCUT2D eigenvalue weighted by Crippen LogP contribution is 2.32. The number of alkyl carbamates (subject to hydrolysis) is 1. The molecule has 4 aromatic rings. The van der Waals surface area contributed by atoms with E-state index in [-0.39, 0.29) is 5.89 Å². The number of aromatic amines is 1. The van der Waals surface area contributed by atoms with Crippen LogP contribution in [0, 0.1) is 0 Å². The van der Waals surface area contributed by atoms with Crippen molar-refractivity contribution in [2.24, 2.45) is 0 Å². The van der Waals surface area contributed by atoms with E-state index in [0.29, 0.717) is 27.4 Å². The average molecular weight is 519 g/mol. The first-order chi connectivity index (χ1) is 16.2. The third kappa shape index (κ3) is 6.05. The zero-order chi connectivity index (χ0) is 24.3. The Hall–Kier alpha value is -2.68. The SMILES string of the molecule is CC(C)(C)OC(=O)N[C@@H](Cc1c[nH]c2ccccc12)c1nnc(SCc2c(Cl)cccc2Cl)o1. The molecule has 178 valence electrons. The second-order valence-electron chi connectivity index (χ2n) is 8.66. The molecule has 1 atom stereocenters. The lowest BCUT2D eigenvalue weighted by Gasteiger charge is -2.22. The van der Waals surface area contributed by atoms with Gasteiger partial charge in [0.2, 0.25) is 5.89 Å². The van der Waals surface area contributed by atoms with Crippen molar-refractivity contribution in [1.82, 2.24) is 20.5 Å². The highest BCUT2D eigenvalue weighted by molar-refractivity contribution is 7.98. The number of halogens is 2. The number of H-pyrrole nitrogens is 1. The molecule has 0 bridgehead atoms. The summed E-state index contributed by atoms with van der Waals surface area (Å²) >= 11 is 13.8. The molecule has 34 heavy (non-hydrogen) atoms. The molecule has 0 aliphatic rings. The Morgan fingerprint density at radius 2 is 1.88 bits per heavy atom. The van der Waals surface area contributed by atoms with Crippen molar-refractivity contribution in [2.75, 3.05) is 0 Å². The standard InChI is InChI=1S/C24H24Cl2N4O3S/c1-24(2,3)33-22(31)28-20(11-14-12-27-19-10-5-4-7-15(14)19)21-29-30-23(32-21)34-13-16-17(25)8-6-9-18(16)26/h4-10,12,20,27H,11,13H2,1-3H3,(H,28,31)/t20-/m0/s1. The summed E-state index contributed by atoms with van der Waals surface area (Å²) in [6.45, 7) is 5.42. The van der Waals surface area contributed by atoms with Gasteiger partial charge < -0.3 is 19.5 Å². The predicted octanol–water partition coefficient (Wildman–Crippen LogP) is 6.96. The number of carbonyl (C=O) groups is 1. The van der Waals surface area contributed by atoms with Gasteiger partial charge in [-0.25, -0.2) is 4.79 Å². The van der Waals surface area contributed by atoms with Gasteiger partial charge in [0.25, 0.3) is 5.22 Å². The maximum Gasteiger partial charge on any atom is 0.408 e. The van der Waals surface area contributed by atoms with Gasteiger partial charge >= 0.3 is 6.09 Å². The molecule has 0 saturated heterocycles. The number of para-hydroxylation sites is 1. The molecular formula is C24H24Cl2N4O3S. The second kappa shape index (κ2) is 10.3. The molecule has 2 aromatic heterocycles. The van der Waals surface area contributed by atoms with Crippen molar-refractivity contribution < 1.29 is 13.9 Å². The molecule has 0 spiro atoms. The van der Waals surface area contributed by atoms with Crippen molar-refractivity contribution in [3.05, 3.63) is 75.7 Å². The van der Waals surface area contributed by atoms with E-state index in [2.05, 4.69) is 20.5 Å². The van der Waals surface area contributed by atoms with E-state index in [0.717, 1.165) is 22.0 Å². The lowest BCUT2D eigenvalue weighted by molar-refractivity contribution is 0.0494. The molecule has 0 saturated carbocycles. The molecule has 10 heteroatoms. The normalized spacial score (nSPS) is 12.6. The minimum atomic E-state index is -0.639. The first-order valence-corrected chi connectivity index (χ1v) is 12.4. The van der Waals surface area contributed by atoms with Crippen molar-refractivity contribution >= 4 is 52.0 Å². The number of amides is 1. The fraction of sp³-hybridized carbons (Fsp3) is 0.292. The second-order valence-corrected chi connectivity index (χ2v) is 10.4. The first kappa shape index (κ1) is 24.4. The van der Waals surface area contributed by atoms with Crippen molar-refractivity contribution in [3.63, 3.8) is 0 Å². The third-order valence-electron chi connectivity index (χ3n) is 4.91. The molecule has 7 nitrogen and oxygen atoms in total. The number of nitrogens with one attached hydrogen (secondary N) is 2. The fourth-order valence-corrected chi connectivity index (χ4v) is 4.91. The first-order valence-electron chi connectivity index (χ1n) is 10.6. The van der Waals surface area contributed by atoms with Crippen LogP contribution in [0.15, 0.2) is 58.3 Å². The molecule has 2 heterocycles. The van der Waals surface area contributed by atoms with Crippen LogP contribution in [0.25, 0.3) is 10.9 Å². The summed E-state index contributed by atoms with van der Waals surface area (Å²) in [6.07, 6.45) is 1.79. The van der Waals surface area contributed by atoms with Gasteiger partial charge in [0.1, 0.15) is 11.6 Å². The zero-order valence-electron chi connectivity index (χ0n) is 18.9. The van der Waals surface area contributed by atoms with E-state index in [9.17, 15) is 4.79 Å². The van der Waals surface area contributed by atoms with Gasteiger partial charge in [-0.05, 0) is 50.1 Å². The van der Waals surface area contributed by atoms with Crippen LogP contribution >= 0.6 is 35.0 Å². The molecule has 2 aromatic carbocycles. The monoisotopic (exact) mass is 518 g/mol. The predicted molar refractivity (Wildman–Crippen MR) is 134 cm³/mol. The van der Waals surface area contributed by atoms with E-state index in [1.54, 1.807) is 18.2 Å². The Balaban J connectivity index is 1.55. The number of ether oxygens (including phenoxy) is 1. The Kier molecular flexibility index (Phi) is 7.40. The molecule has 1 amide bonds. The van der Waals surface area contributed by atoms with Gasteiger partial charge in [-0.15, -0.1) is 10.2 Å². The number of thioether (sulfide) groups is 1. The van der Waals surface area contributed by atoms with Crippen molar-refractivity contribution in [1.29, 1.82) is 0 Å². The Morgan fingerprint density at radius 3 is 2.62 bits per heavy atom. The summed E-state index contributed by atoms with van der Waals surface area (Å²) in [5.41, 5.74) is 2.16. The van der Waals surface area contributed by atoms with Crippen LogP contribution in [0.2, 0.25) is 10.0 Å². The maximum absolute atomic E-state index is 12.6. The number of hydrogen-bond donors (Lipinski definition) is 2. The Bertz CT molecular complexity index is 1280. The number of benzene rings is 2. The van der Waals surface area contributed by atoms with Crippen LogP contribution in [0.5, 0.6) is 0 Å². The smallest absolute Gasteiger partial charge is 0.408 e. The summed E-state index contributed by atoms with van der Waals surface area (Å²) < 4.78 is 11.4. The van der Waals surface area contributed by atoms with Gasteiger partial charge in [0.05, 0.1) is 0 Å². The van der Waals surface area contributed by atoms with Crippen LogP contribution in [0.1, 0.15) is 43.8 Å². The Morgan fingerprint density at radius 1 is 1.15 bits per heavy atom. The van der Waals surface area contributed by atoms with Crippen LogP contribution in [0.3, 0.4) is 0 Å². The molecule has 4 rings (SSSR count). The maximum atomic E-state index is 12.6. The quantitative estimate of drug-likeness (QED) is 0.257. The van der Waals surface area contributed by atoms with E-state index in [4.69, 9.17) is 32.4 Å². The molecule has 0 aliphatic heterocycles. The minimum absolute atomic E-state index is 0.281. The number of rotatable bonds is 7. The van der Waals surface area contributed by atoms with Gasteiger partial charge in [-0.3, -0.25) is 0 Å². The third-order valence-corrected chi connectivity index (χ3v) is 6.46. The van der Waals surface area contributed by atoms with Gasteiger partial charge in [-0.1, -0.05) is 59.2 Å². The van der Waals surface area contributed by atoms with E-state index >= 15 is 0 Å². The van der Waals surface area contributed by atoms with Gasteiger partial charge in [-0.2, -0.15) is 0 Å². The van der Waals surface area contributed by atoms with Crippen LogP contribution in [-0.2, 0) is 16.9 Å². The van der Waals surface area contributed by atoms with E-state index in [1.165, 1.54) is 11.8 Å². The Labute approximate surface area is 211 Å². The molecule has 0 fully saturated rings. The zero-order valence-corrected chi connectivity index (χ0v) is 21.2. The average Bonchev–Trinajstić information content (AvgIpc) is 3.39. The molecule has 0 radical (unpaired) electrons. The largest absolute Gasteiger partial charge is 0.444 e. The summed E-state index contributed by atoms with van der Waals surface area (Å²) in [6, 6.07) is 12.7. The van der Waals surface area contributed by atoms with Crippen molar-refractivity contribution in [2.45, 2.75) is 49.8 Å². The number of nitrogens with zero attached hydrogens (tertiary/aromatic N) is 2. The lowest BCUT2D eigenvalue weighted by atomic mass is 10.1. The summed E-state index contributed by atoms with van der Waals surface area (Å²) in [7, 11) is 0. The lowest BCUT2D eigenvalue weighted by Crippen LogP contribution is -2.36. The highest BCUT2D eigenvalue weighted by Gasteiger charge is 2.26. The summed E-state index contributed by atoms with van der Waals surface area (Å²) in [4.78, 5) is 15.8. The number of carbonyl (C=O) groups excluding carboxylic acids is 1. The summed E-state index contributed by atoms with van der Waals surface area (Å²) in [5.74, 6) is 0.746. The van der Waals surface area contributed by atoms with Crippen LogP contribution in [-0.4, -0.2) is 26.9 Å². The molecule has 2 N–H and O–H groups in total. The molecule has 0 aliphatic carbocycles. The van der Waals surface area contributed by atoms with E-state index in [1.807, 2.05) is 51.2 Å². The van der Waals surface area contributed by atoms with Crippen LogP contribution in [0.4, 0.5) is 4.79 Å². The summed E-state index contributed by atoms with van der Waals surface area (Å²) in [5, 5.41) is 13.8. The van der Waals surface area contributed by atoms with E-state index < -0.39 is 17.7 Å². The molecular weight excluding hydrogens is 495 g/mol. The number of hydrogen-bond acceptors (Lipinski definition) is 6. The number of aromatic nitrogens is 3.